The van der Waals surface area contributed by atoms with E-state index in [9.17, 15) is 9.59 Å². The van der Waals surface area contributed by atoms with Gasteiger partial charge in [0.25, 0.3) is 5.91 Å². The molecule has 31 heavy (non-hydrogen) atoms. The van der Waals surface area contributed by atoms with Crippen molar-refractivity contribution in [1.29, 1.82) is 0 Å². The first kappa shape index (κ1) is 19.6. The Morgan fingerprint density at radius 1 is 1.03 bits per heavy atom. The average Bonchev–Trinajstić information content (AvgIpc) is 3.41. The Morgan fingerprint density at radius 2 is 1.81 bits per heavy atom. The molecule has 2 N–H and O–H groups in total. The number of benzene rings is 2. The first-order chi connectivity index (χ1) is 15.0. The molecule has 158 valence electrons. The number of fused-ring (bicyclic) bond motifs is 2. The maximum Gasteiger partial charge on any atom is 0.257 e. The normalized spacial score (nSPS) is 16.1. The van der Waals surface area contributed by atoms with Crippen molar-refractivity contribution in [3.63, 3.8) is 0 Å². The highest BCUT2D eigenvalue weighted by atomic mass is 32.1. The number of aromatic nitrogens is 1. The Kier molecular flexibility index (Phi) is 4.86. The van der Waals surface area contributed by atoms with Gasteiger partial charge in [-0.1, -0.05) is 6.07 Å². The predicted octanol–water partition coefficient (Wildman–Crippen LogP) is 4.41. The lowest BCUT2D eigenvalue weighted by Gasteiger charge is -2.12. The molecule has 0 radical (unpaired) electrons. The Morgan fingerprint density at radius 3 is 2.61 bits per heavy atom. The summed E-state index contributed by atoms with van der Waals surface area (Å²) in [5, 5.41) is 6.36. The molecule has 2 heterocycles. The second kappa shape index (κ2) is 7.70. The monoisotopic (exact) mass is 435 g/mol. The van der Waals surface area contributed by atoms with Crippen LogP contribution in [0.1, 0.15) is 44.4 Å². The lowest BCUT2D eigenvalue weighted by atomic mass is 10.1. The summed E-state index contributed by atoms with van der Waals surface area (Å²) in [6.07, 6.45) is 1.50. The van der Waals surface area contributed by atoms with Crippen LogP contribution in [0.2, 0.25) is 0 Å². The van der Waals surface area contributed by atoms with Crippen LogP contribution in [0.25, 0.3) is 0 Å². The number of carbonyl (C=O) groups excluding carboxylic acids is 2. The maximum atomic E-state index is 12.9. The fourth-order valence-corrected chi connectivity index (χ4v) is 5.05. The van der Waals surface area contributed by atoms with Crippen molar-refractivity contribution in [2.24, 2.45) is 0 Å². The molecule has 1 unspecified atom stereocenters. The Labute approximate surface area is 183 Å². The van der Waals surface area contributed by atoms with Crippen molar-refractivity contribution < 1.29 is 19.1 Å². The van der Waals surface area contributed by atoms with Crippen molar-refractivity contribution >= 4 is 34.0 Å². The molecule has 0 spiro atoms. The number of thiazole rings is 1. The first-order valence-electron chi connectivity index (χ1n) is 10.1. The van der Waals surface area contributed by atoms with Crippen molar-refractivity contribution in [1.82, 2.24) is 4.98 Å². The number of rotatable bonds is 4. The summed E-state index contributed by atoms with van der Waals surface area (Å²) >= 11 is 1.42. The van der Waals surface area contributed by atoms with E-state index in [0.29, 0.717) is 22.2 Å². The molecule has 1 aliphatic heterocycles. The van der Waals surface area contributed by atoms with Crippen LogP contribution in [0.3, 0.4) is 0 Å². The van der Waals surface area contributed by atoms with Gasteiger partial charge in [-0.2, -0.15) is 0 Å². The summed E-state index contributed by atoms with van der Waals surface area (Å²) in [4.78, 5) is 31.2. The van der Waals surface area contributed by atoms with Crippen molar-refractivity contribution in [2.75, 3.05) is 17.4 Å². The van der Waals surface area contributed by atoms with Gasteiger partial charge in [0.2, 0.25) is 12.7 Å². The highest BCUT2D eigenvalue weighted by molar-refractivity contribution is 7.16. The molecule has 8 heteroatoms. The quantitative estimate of drug-likeness (QED) is 0.634. The third-order valence-electron chi connectivity index (χ3n) is 5.38. The van der Waals surface area contributed by atoms with E-state index in [4.69, 9.17) is 9.47 Å². The van der Waals surface area contributed by atoms with Crippen LogP contribution in [0.5, 0.6) is 11.5 Å². The van der Waals surface area contributed by atoms with E-state index in [2.05, 4.69) is 21.7 Å². The highest BCUT2D eigenvalue weighted by Crippen LogP contribution is 2.39. The SMILES string of the molecule is Cc1cc(C)cc(NC(=O)C2CCc3sc(NC(=O)c4ccc5c(c4)OCO5)nc32)c1. The fraction of sp³-hybridized carbons (Fsp3) is 0.261. The number of amides is 2. The minimum absolute atomic E-state index is 0.0669. The number of aryl methyl sites for hydroxylation is 3. The molecular formula is C23H21N3O4S. The largest absolute Gasteiger partial charge is 0.454 e. The fourth-order valence-electron chi connectivity index (χ4n) is 4.02. The summed E-state index contributed by atoms with van der Waals surface area (Å²) in [6, 6.07) is 11.0. The Hall–Kier alpha value is -3.39. The smallest absolute Gasteiger partial charge is 0.257 e. The molecule has 2 aromatic carbocycles. The number of hydrogen-bond donors (Lipinski definition) is 2. The molecule has 1 atom stereocenters. The molecular weight excluding hydrogens is 414 g/mol. The van der Waals surface area contributed by atoms with Crippen LogP contribution < -0.4 is 20.1 Å². The van der Waals surface area contributed by atoms with Gasteiger partial charge in [-0.05, 0) is 68.1 Å². The third kappa shape index (κ3) is 3.86. The standard InChI is InChI=1S/C23H21N3O4S/c1-12-7-13(2)9-15(8-12)24-22(28)16-4-6-19-20(16)25-23(31-19)26-21(27)14-3-5-17-18(10-14)30-11-29-17/h3,5,7-10,16H,4,6,11H2,1-2H3,(H,24,28)(H,25,26,27). The number of hydrogen-bond acceptors (Lipinski definition) is 6. The third-order valence-corrected chi connectivity index (χ3v) is 6.42. The predicted molar refractivity (Wildman–Crippen MR) is 118 cm³/mol. The van der Waals surface area contributed by atoms with E-state index in [0.717, 1.165) is 40.2 Å². The van der Waals surface area contributed by atoms with Crippen LogP contribution in [-0.2, 0) is 11.2 Å². The minimum Gasteiger partial charge on any atom is -0.454 e. The topological polar surface area (TPSA) is 89.6 Å². The molecule has 0 saturated heterocycles. The molecule has 3 aromatic rings. The zero-order valence-corrected chi connectivity index (χ0v) is 18.0. The van der Waals surface area contributed by atoms with Crippen molar-refractivity contribution in [3.05, 3.63) is 63.7 Å². The van der Waals surface area contributed by atoms with E-state index in [1.807, 2.05) is 26.0 Å². The summed E-state index contributed by atoms with van der Waals surface area (Å²) in [6.45, 7) is 4.17. The average molecular weight is 436 g/mol. The second-order valence-corrected chi connectivity index (χ2v) is 8.89. The first-order valence-corrected chi connectivity index (χ1v) is 10.9. The molecule has 0 fully saturated rings. The van der Waals surface area contributed by atoms with Gasteiger partial charge in [-0.15, -0.1) is 11.3 Å². The Bertz CT molecular complexity index is 1180. The van der Waals surface area contributed by atoms with Crippen LogP contribution >= 0.6 is 11.3 Å². The van der Waals surface area contributed by atoms with Gasteiger partial charge < -0.3 is 14.8 Å². The van der Waals surface area contributed by atoms with Gasteiger partial charge >= 0.3 is 0 Å². The molecule has 0 bridgehead atoms. The summed E-state index contributed by atoms with van der Waals surface area (Å²) in [5.41, 5.74) is 4.22. The van der Waals surface area contributed by atoms with Gasteiger partial charge in [-0.25, -0.2) is 4.98 Å². The van der Waals surface area contributed by atoms with E-state index in [1.54, 1.807) is 18.2 Å². The number of nitrogens with one attached hydrogen (secondary N) is 2. The zero-order valence-electron chi connectivity index (χ0n) is 17.2. The van der Waals surface area contributed by atoms with E-state index >= 15 is 0 Å². The summed E-state index contributed by atoms with van der Waals surface area (Å²) < 4.78 is 10.6. The van der Waals surface area contributed by atoms with Crippen molar-refractivity contribution in [2.45, 2.75) is 32.6 Å². The second-order valence-electron chi connectivity index (χ2n) is 7.81. The summed E-state index contributed by atoms with van der Waals surface area (Å²) in [5.74, 6) is 0.521. The molecule has 7 nitrogen and oxygen atoms in total. The van der Waals surface area contributed by atoms with Gasteiger partial charge in [0, 0.05) is 16.1 Å². The van der Waals surface area contributed by atoms with Crippen LogP contribution in [0.4, 0.5) is 10.8 Å². The minimum atomic E-state index is -0.316. The van der Waals surface area contributed by atoms with E-state index in [-0.39, 0.29) is 24.5 Å². The molecule has 1 aliphatic carbocycles. The van der Waals surface area contributed by atoms with Gasteiger partial charge in [0.1, 0.15) is 0 Å². The van der Waals surface area contributed by atoms with Crippen molar-refractivity contribution in [3.8, 4) is 11.5 Å². The molecule has 5 rings (SSSR count). The number of anilines is 2. The zero-order chi connectivity index (χ0) is 21.5. The van der Waals surface area contributed by atoms with E-state index < -0.39 is 0 Å². The number of nitrogens with zero attached hydrogens (tertiary/aromatic N) is 1. The lowest BCUT2D eigenvalue weighted by Crippen LogP contribution is -2.20. The summed E-state index contributed by atoms with van der Waals surface area (Å²) in [7, 11) is 0. The van der Waals surface area contributed by atoms with Crippen LogP contribution in [0, 0.1) is 13.8 Å². The lowest BCUT2D eigenvalue weighted by molar-refractivity contribution is -0.117. The molecule has 2 amide bonds. The van der Waals surface area contributed by atoms with Gasteiger partial charge in [0.05, 0.1) is 11.6 Å². The maximum absolute atomic E-state index is 12.9. The highest BCUT2D eigenvalue weighted by Gasteiger charge is 2.33. The van der Waals surface area contributed by atoms with E-state index in [1.165, 1.54) is 11.3 Å². The number of ether oxygens (including phenoxy) is 2. The molecule has 1 aromatic heterocycles. The van der Waals surface area contributed by atoms with Gasteiger partial charge in [0.15, 0.2) is 16.6 Å². The van der Waals surface area contributed by atoms with Gasteiger partial charge in [-0.3, -0.25) is 14.9 Å². The molecule has 0 saturated carbocycles. The Balaban J connectivity index is 1.30. The van der Waals surface area contributed by atoms with Crippen LogP contribution in [0.15, 0.2) is 36.4 Å². The molecule has 2 aliphatic rings. The van der Waals surface area contributed by atoms with Crippen LogP contribution in [-0.4, -0.2) is 23.6 Å². The number of carbonyl (C=O) groups is 2.